The van der Waals surface area contributed by atoms with Crippen molar-refractivity contribution in [1.29, 1.82) is 0 Å². The Hall–Kier alpha value is -4.58. The summed E-state index contributed by atoms with van der Waals surface area (Å²) in [5.74, 6) is 1.13. The second kappa shape index (κ2) is 8.99. The zero-order chi connectivity index (χ0) is 24.5. The van der Waals surface area contributed by atoms with E-state index in [9.17, 15) is 20.4 Å². The van der Waals surface area contributed by atoms with E-state index in [1.54, 1.807) is 55.6 Å². The lowest BCUT2D eigenvalue weighted by atomic mass is 9.82. The minimum atomic E-state index is -0.472. The highest BCUT2D eigenvalue weighted by molar-refractivity contribution is 5.75. The molecule has 0 fully saturated rings. The summed E-state index contributed by atoms with van der Waals surface area (Å²) in [6.45, 7) is 0. The average Bonchev–Trinajstić information content (AvgIpc) is 3.23. The monoisotopic (exact) mass is 468 g/mol. The number of phenols is 4. The summed E-state index contributed by atoms with van der Waals surface area (Å²) in [7, 11) is 1.59. The average molecular weight is 469 g/mol. The Morgan fingerprint density at radius 3 is 1.94 bits per heavy atom. The van der Waals surface area contributed by atoms with Crippen molar-refractivity contribution < 1.29 is 29.9 Å². The molecule has 6 nitrogen and oxygen atoms in total. The van der Waals surface area contributed by atoms with Crippen molar-refractivity contribution in [3.8, 4) is 34.5 Å². The molecule has 0 bridgehead atoms. The minimum Gasteiger partial charge on any atom is -0.508 e. The highest BCUT2D eigenvalue weighted by atomic mass is 16.5. The van der Waals surface area contributed by atoms with Crippen LogP contribution in [0.2, 0.25) is 0 Å². The summed E-state index contributed by atoms with van der Waals surface area (Å²) in [5.41, 5.74) is 4.15. The molecule has 1 heterocycles. The second-order valence-electron chi connectivity index (χ2n) is 8.44. The van der Waals surface area contributed by atoms with Crippen LogP contribution in [-0.4, -0.2) is 27.5 Å². The van der Waals surface area contributed by atoms with Crippen LogP contribution in [-0.2, 0) is 0 Å². The number of phenolic OH excluding ortho intramolecular Hbond substituents is 4. The third-order valence-corrected chi connectivity index (χ3v) is 6.11. The largest absolute Gasteiger partial charge is 0.508 e. The fourth-order valence-electron chi connectivity index (χ4n) is 4.50. The van der Waals surface area contributed by atoms with E-state index in [4.69, 9.17) is 9.47 Å². The highest BCUT2D eigenvalue weighted by Gasteiger charge is 2.39. The van der Waals surface area contributed by atoms with Gasteiger partial charge in [-0.1, -0.05) is 36.4 Å². The third-order valence-electron chi connectivity index (χ3n) is 6.11. The summed E-state index contributed by atoms with van der Waals surface area (Å²) in [5, 5.41) is 39.8. The van der Waals surface area contributed by atoms with Gasteiger partial charge in [-0.25, -0.2) is 0 Å². The van der Waals surface area contributed by atoms with Crippen molar-refractivity contribution in [2.45, 2.75) is 12.0 Å². The highest BCUT2D eigenvalue weighted by Crippen LogP contribution is 2.53. The number of hydrogen-bond donors (Lipinski definition) is 4. The smallest absolute Gasteiger partial charge is 0.135 e. The lowest BCUT2D eigenvalue weighted by Crippen LogP contribution is -2.11. The number of fused-ring (bicyclic) bond motifs is 1. The van der Waals surface area contributed by atoms with E-state index in [-0.39, 0.29) is 28.9 Å². The van der Waals surface area contributed by atoms with Crippen LogP contribution in [0.5, 0.6) is 34.5 Å². The van der Waals surface area contributed by atoms with Gasteiger partial charge in [0.2, 0.25) is 0 Å². The van der Waals surface area contributed by atoms with E-state index < -0.39 is 6.10 Å². The van der Waals surface area contributed by atoms with Crippen LogP contribution in [0.15, 0.2) is 78.9 Å². The molecule has 4 aromatic rings. The second-order valence-corrected chi connectivity index (χ2v) is 8.44. The maximum absolute atomic E-state index is 10.2. The molecule has 4 N–H and O–H groups in total. The Morgan fingerprint density at radius 2 is 1.31 bits per heavy atom. The van der Waals surface area contributed by atoms with Crippen LogP contribution in [0.4, 0.5) is 0 Å². The summed E-state index contributed by atoms with van der Waals surface area (Å²) in [4.78, 5) is 0. The Balaban J connectivity index is 1.68. The predicted molar refractivity (Wildman–Crippen MR) is 133 cm³/mol. The van der Waals surface area contributed by atoms with Gasteiger partial charge in [0.05, 0.1) is 13.0 Å². The van der Waals surface area contributed by atoms with Gasteiger partial charge in [-0.2, -0.15) is 0 Å². The van der Waals surface area contributed by atoms with Crippen LogP contribution >= 0.6 is 0 Å². The van der Waals surface area contributed by atoms with E-state index in [1.165, 1.54) is 6.07 Å². The van der Waals surface area contributed by atoms with Crippen molar-refractivity contribution in [2.24, 2.45) is 0 Å². The van der Waals surface area contributed by atoms with Gasteiger partial charge in [-0.3, -0.25) is 0 Å². The molecular formula is C29H24O6. The SMILES string of the molecule is COc1cc(C=Cc2ccc(O)cc2)c2c(c1)O[C@H](c1ccc(O)cc1)[C@H]2c1cc(O)cc(O)c1. The number of benzene rings is 4. The molecule has 0 radical (unpaired) electrons. The number of methoxy groups -OCH3 is 1. The zero-order valence-electron chi connectivity index (χ0n) is 18.9. The Kier molecular flexibility index (Phi) is 5.71. The molecule has 6 heteroatoms. The zero-order valence-corrected chi connectivity index (χ0v) is 18.9. The normalized spacial score (nSPS) is 16.7. The quantitative estimate of drug-likeness (QED) is 0.270. The van der Waals surface area contributed by atoms with Gasteiger partial charge in [0, 0.05) is 17.7 Å². The van der Waals surface area contributed by atoms with Crippen molar-refractivity contribution >= 4 is 12.2 Å². The maximum atomic E-state index is 10.2. The first-order valence-corrected chi connectivity index (χ1v) is 11.1. The molecule has 35 heavy (non-hydrogen) atoms. The maximum Gasteiger partial charge on any atom is 0.135 e. The number of aromatic hydroxyl groups is 4. The molecule has 0 aromatic heterocycles. The lowest BCUT2D eigenvalue weighted by Gasteiger charge is -2.21. The van der Waals surface area contributed by atoms with Gasteiger partial charge in [-0.15, -0.1) is 0 Å². The van der Waals surface area contributed by atoms with Crippen molar-refractivity contribution in [2.75, 3.05) is 7.11 Å². The first-order valence-electron chi connectivity index (χ1n) is 11.1. The van der Waals surface area contributed by atoms with Gasteiger partial charge >= 0.3 is 0 Å². The first-order chi connectivity index (χ1) is 16.9. The van der Waals surface area contributed by atoms with Gasteiger partial charge in [0.15, 0.2) is 0 Å². The first kappa shape index (κ1) is 22.2. The van der Waals surface area contributed by atoms with Crippen LogP contribution in [0.3, 0.4) is 0 Å². The Bertz CT molecular complexity index is 1370. The fraction of sp³-hybridized carbons (Fsp3) is 0.103. The van der Waals surface area contributed by atoms with Gasteiger partial charge in [0.25, 0.3) is 0 Å². The Labute approximate surface area is 202 Å². The number of hydrogen-bond acceptors (Lipinski definition) is 6. The Morgan fingerprint density at radius 1 is 0.686 bits per heavy atom. The molecular weight excluding hydrogens is 444 g/mol. The van der Waals surface area contributed by atoms with E-state index >= 15 is 0 Å². The number of ether oxygens (including phenoxy) is 2. The lowest BCUT2D eigenvalue weighted by molar-refractivity contribution is 0.221. The molecule has 2 atom stereocenters. The molecule has 0 saturated heterocycles. The van der Waals surface area contributed by atoms with Crippen molar-refractivity contribution in [1.82, 2.24) is 0 Å². The summed E-state index contributed by atoms with van der Waals surface area (Å²) in [6, 6.07) is 21.9. The molecule has 0 aliphatic carbocycles. The molecule has 1 aliphatic heterocycles. The predicted octanol–water partition coefficient (Wildman–Crippen LogP) is 5.95. The molecule has 1 aliphatic rings. The summed E-state index contributed by atoms with van der Waals surface area (Å²) in [6.07, 6.45) is 3.41. The van der Waals surface area contributed by atoms with E-state index in [0.29, 0.717) is 17.1 Å². The van der Waals surface area contributed by atoms with Gasteiger partial charge in [0.1, 0.15) is 40.6 Å². The van der Waals surface area contributed by atoms with Crippen LogP contribution in [0.25, 0.3) is 12.2 Å². The molecule has 4 aromatic carbocycles. The summed E-state index contributed by atoms with van der Waals surface area (Å²) < 4.78 is 12.0. The standard InChI is InChI=1S/C29H24O6/c1-34-25-14-19(5-2-17-3-8-21(30)9-4-17)27-26(16-25)35-29(18-6-10-22(31)11-7-18)28(27)20-12-23(32)15-24(33)13-20/h2-16,28-33H,1H3/t28-,29+/m0/s1. The third kappa shape index (κ3) is 4.46. The van der Waals surface area contributed by atoms with Crippen LogP contribution in [0.1, 0.15) is 39.8 Å². The van der Waals surface area contributed by atoms with Gasteiger partial charge < -0.3 is 29.9 Å². The molecule has 0 spiro atoms. The minimum absolute atomic E-state index is 0.0485. The van der Waals surface area contributed by atoms with Crippen molar-refractivity contribution in [3.63, 3.8) is 0 Å². The summed E-state index contributed by atoms with van der Waals surface area (Å²) >= 11 is 0. The van der Waals surface area contributed by atoms with Crippen LogP contribution < -0.4 is 9.47 Å². The fourth-order valence-corrected chi connectivity index (χ4v) is 4.50. The van der Waals surface area contributed by atoms with E-state index in [1.807, 2.05) is 36.4 Å². The molecule has 0 saturated carbocycles. The number of rotatable bonds is 5. The van der Waals surface area contributed by atoms with E-state index in [0.717, 1.165) is 22.3 Å². The molecule has 176 valence electrons. The van der Waals surface area contributed by atoms with Gasteiger partial charge in [-0.05, 0) is 64.7 Å². The topological polar surface area (TPSA) is 99.4 Å². The molecule has 0 amide bonds. The van der Waals surface area contributed by atoms with E-state index in [2.05, 4.69) is 0 Å². The van der Waals surface area contributed by atoms with Crippen molar-refractivity contribution in [3.05, 3.63) is 107 Å². The van der Waals surface area contributed by atoms with Crippen LogP contribution in [0, 0.1) is 0 Å². The molecule has 5 rings (SSSR count). The molecule has 0 unspecified atom stereocenters.